The largest absolute Gasteiger partial charge is 0.476 e. The highest BCUT2D eigenvalue weighted by molar-refractivity contribution is 7.09. The minimum Gasteiger partial charge on any atom is -0.476 e. The maximum atomic E-state index is 12.8. The van der Waals surface area contributed by atoms with Crippen molar-refractivity contribution < 1.29 is 24.2 Å². The number of nitrogens with zero attached hydrogens (tertiary/aromatic N) is 5. The van der Waals surface area contributed by atoms with Crippen molar-refractivity contribution >= 4 is 29.1 Å². The molecule has 1 unspecified atom stereocenters. The Morgan fingerprint density at radius 2 is 2.23 bits per heavy atom. The summed E-state index contributed by atoms with van der Waals surface area (Å²) in [5.41, 5.74) is 0.669. The summed E-state index contributed by atoms with van der Waals surface area (Å²) in [5.74, 6) is -1.30. The van der Waals surface area contributed by atoms with E-state index in [4.69, 9.17) is 9.84 Å². The Morgan fingerprint density at radius 1 is 1.35 bits per heavy atom. The number of likely N-dealkylation sites (tertiary alicyclic amines) is 1. The SMILES string of the molecule is O=C1CC(C(=O)N2CCC[C@@H]2COCc2cn(Cc3nc(C(=O)O)cs3)nn2)CCN1. The van der Waals surface area contributed by atoms with Crippen molar-refractivity contribution in [2.24, 2.45) is 5.92 Å². The number of amides is 2. The van der Waals surface area contributed by atoms with E-state index in [-0.39, 0.29) is 42.5 Å². The maximum Gasteiger partial charge on any atom is 0.355 e. The first kappa shape index (κ1) is 21.4. The highest BCUT2D eigenvalue weighted by atomic mass is 32.1. The third-order valence-corrected chi connectivity index (χ3v) is 6.30. The number of nitrogens with one attached hydrogen (secondary N) is 1. The molecule has 2 aromatic heterocycles. The summed E-state index contributed by atoms with van der Waals surface area (Å²) in [6.07, 6.45) is 4.50. The molecule has 2 amide bonds. The van der Waals surface area contributed by atoms with E-state index in [1.807, 2.05) is 4.90 Å². The Morgan fingerprint density at radius 3 is 3.00 bits per heavy atom. The van der Waals surface area contributed by atoms with Crippen LogP contribution in [-0.2, 0) is 27.5 Å². The number of rotatable bonds is 8. The average Bonchev–Trinajstić information content (AvgIpc) is 3.49. The molecule has 2 atom stereocenters. The van der Waals surface area contributed by atoms with Crippen molar-refractivity contribution in [3.63, 3.8) is 0 Å². The number of thiazole rings is 1. The van der Waals surface area contributed by atoms with Crippen LogP contribution in [0.5, 0.6) is 0 Å². The molecule has 11 nitrogen and oxygen atoms in total. The summed E-state index contributed by atoms with van der Waals surface area (Å²) in [6.45, 7) is 2.27. The molecule has 0 aromatic carbocycles. The monoisotopic (exact) mass is 448 g/mol. The normalized spacial score (nSPS) is 21.3. The number of ether oxygens (including phenoxy) is 1. The van der Waals surface area contributed by atoms with Crippen molar-refractivity contribution in [3.05, 3.63) is 28.0 Å². The van der Waals surface area contributed by atoms with Crippen LogP contribution in [0.3, 0.4) is 0 Å². The number of piperidine rings is 1. The van der Waals surface area contributed by atoms with Crippen LogP contribution in [0.4, 0.5) is 0 Å². The van der Waals surface area contributed by atoms with Gasteiger partial charge in [0.05, 0.1) is 32.0 Å². The van der Waals surface area contributed by atoms with Crippen LogP contribution < -0.4 is 5.32 Å². The molecule has 2 saturated heterocycles. The molecule has 0 bridgehead atoms. The van der Waals surface area contributed by atoms with E-state index >= 15 is 0 Å². The van der Waals surface area contributed by atoms with Crippen LogP contribution in [0.1, 0.15) is 46.9 Å². The van der Waals surface area contributed by atoms with E-state index in [0.29, 0.717) is 43.4 Å². The van der Waals surface area contributed by atoms with E-state index < -0.39 is 5.97 Å². The lowest BCUT2D eigenvalue weighted by molar-refractivity contribution is -0.141. The Bertz CT molecular complexity index is 959. The zero-order valence-corrected chi connectivity index (χ0v) is 17.7. The number of hydrogen-bond acceptors (Lipinski definition) is 8. The summed E-state index contributed by atoms with van der Waals surface area (Å²) in [7, 11) is 0. The predicted octanol–water partition coefficient (Wildman–Crippen LogP) is 0.515. The number of aromatic carboxylic acids is 1. The summed E-state index contributed by atoms with van der Waals surface area (Å²) in [5, 5.41) is 21.9. The first-order valence-corrected chi connectivity index (χ1v) is 11.1. The molecule has 0 saturated carbocycles. The lowest BCUT2D eigenvalue weighted by atomic mass is 9.95. The summed E-state index contributed by atoms with van der Waals surface area (Å²) < 4.78 is 7.40. The molecule has 31 heavy (non-hydrogen) atoms. The van der Waals surface area contributed by atoms with Gasteiger partial charge in [0.2, 0.25) is 11.8 Å². The van der Waals surface area contributed by atoms with Gasteiger partial charge in [-0.1, -0.05) is 5.21 Å². The number of carbonyl (C=O) groups excluding carboxylic acids is 2. The van der Waals surface area contributed by atoms with Gasteiger partial charge in [-0.2, -0.15) is 0 Å². The number of hydrogen-bond donors (Lipinski definition) is 2. The number of carbonyl (C=O) groups is 3. The molecule has 166 valence electrons. The Hall–Kier alpha value is -2.86. The highest BCUT2D eigenvalue weighted by Gasteiger charge is 2.35. The molecular formula is C19H24N6O5S. The van der Waals surface area contributed by atoms with E-state index in [2.05, 4.69) is 20.6 Å². The molecule has 12 heteroatoms. The van der Waals surface area contributed by atoms with E-state index in [9.17, 15) is 14.4 Å². The molecule has 2 N–H and O–H groups in total. The zero-order valence-electron chi connectivity index (χ0n) is 16.9. The van der Waals surface area contributed by atoms with Gasteiger partial charge in [0, 0.05) is 30.8 Å². The van der Waals surface area contributed by atoms with Gasteiger partial charge in [-0.05, 0) is 19.3 Å². The smallest absolute Gasteiger partial charge is 0.355 e. The minimum atomic E-state index is -1.05. The van der Waals surface area contributed by atoms with Gasteiger partial charge in [0.15, 0.2) is 5.69 Å². The number of aromatic nitrogens is 4. The van der Waals surface area contributed by atoms with Crippen LogP contribution in [0.15, 0.2) is 11.6 Å². The van der Waals surface area contributed by atoms with Crippen LogP contribution in [0.25, 0.3) is 0 Å². The van der Waals surface area contributed by atoms with Gasteiger partial charge < -0.3 is 20.1 Å². The second kappa shape index (κ2) is 9.52. The fourth-order valence-corrected chi connectivity index (χ4v) is 4.69. The lowest BCUT2D eigenvalue weighted by Gasteiger charge is -2.30. The van der Waals surface area contributed by atoms with Gasteiger partial charge in [0.1, 0.15) is 10.7 Å². The topological polar surface area (TPSA) is 140 Å². The first-order chi connectivity index (χ1) is 15.0. The molecular weight excluding hydrogens is 424 g/mol. The van der Waals surface area contributed by atoms with Crippen molar-refractivity contribution in [1.82, 2.24) is 30.2 Å². The molecule has 2 aromatic rings. The van der Waals surface area contributed by atoms with Crippen molar-refractivity contribution in [2.45, 2.75) is 44.9 Å². The van der Waals surface area contributed by atoms with E-state index in [0.717, 1.165) is 12.8 Å². The standard InChI is InChI=1S/C19H24N6O5S/c26-16-6-12(3-4-20-16)18(27)25-5-1-2-14(25)10-30-9-13-7-24(23-22-13)8-17-21-15(11-31-17)19(28)29/h7,11-12,14H,1-6,8-10H2,(H,20,26)(H,28,29)/t12?,14-/m1/s1. The van der Waals surface area contributed by atoms with Crippen LogP contribution in [0.2, 0.25) is 0 Å². The quantitative estimate of drug-likeness (QED) is 0.596. The third-order valence-electron chi connectivity index (χ3n) is 5.47. The van der Waals surface area contributed by atoms with Crippen molar-refractivity contribution in [3.8, 4) is 0 Å². The van der Waals surface area contributed by atoms with E-state index in [1.54, 1.807) is 10.9 Å². The fourth-order valence-electron chi connectivity index (χ4n) is 3.93. The third kappa shape index (κ3) is 5.25. The second-order valence-electron chi connectivity index (χ2n) is 7.72. The van der Waals surface area contributed by atoms with Crippen LogP contribution in [-0.4, -0.2) is 73.5 Å². The molecule has 4 rings (SSSR count). The van der Waals surface area contributed by atoms with Gasteiger partial charge in [-0.15, -0.1) is 16.4 Å². The summed E-state index contributed by atoms with van der Waals surface area (Å²) >= 11 is 1.26. The molecule has 0 radical (unpaired) electrons. The molecule has 0 spiro atoms. The average molecular weight is 449 g/mol. The summed E-state index contributed by atoms with van der Waals surface area (Å²) in [6, 6.07) is 0.0114. The second-order valence-corrected chi connectivity index (χ2v) is 8.66. The molecule has 4 heterocycles. The highest BCUT2D eigenvalue weighted by Crippen LogP contribution is 2.24. The Balaban J connectivity index is 1.25. The maximum absolute atomic E-state index is 12.8. The molecule has 2 aliphatic heterocycles. The Kier molecular flexibility index (Phi) is 6.56. The van der Waals surface area contributed by atoms with Gasteiger partial charge in [-0.3, -0.25) is 9.59 Å². The van der Waals surface area contributed by atoms with E-state index in [1.165, 1.54) is 16.7 Å². The lowest BCUT2D eigenvalue weighted by Crippen LogP contribution is -2.46. The predicted molar refractivity (Wildman–Crippen MR) is 108 cm³/mol. The molecule has 2 fully saturated rings. The minimum absolute atomic E-state index is 0.0114. The van der Waals surface area contributed by atoms with Gasteiger partial charge >= 0.3 is 5.97 Å². The number of carboxylic acids is 1. The number of carboxylic acid groups (broad SMARTS) is 1. The van der Waals surface area contributed by atoms with Crippen molar-refractivity contribution in [2.75, 3.05) is 19.7 Å². The van der Waals surface area contributed by atoms with Crippen LogP contribution in [0, 0.1) is 5.92 Å². The van der Waals surface area contributed by atoms with Gasteiger partial charge in [-0.25, -0.2) is 14.5 Å². The van der Waals surface area contributed by atoms with Gasteiger partial charge in [0.25, 0.3) is 0 Å². The first-order valence-electron chi connectivity index (χ1n) is 10.2. The molecule has 0 aliphatic carbocycles. The van der Waals surface area contributed by atoms with Crippen LogP contribution >= 0.6 is 11.3 Å². The fraction of sp³-hybridized carbons (Fsp3) is 0.579. The zero-order chi connectivity index (χ0) is 21.8. The molecule has 2 aliphatic rings. The van der Waals surface area contributed by atoms with Crippen molar-refractivity contribution in [1.29, 1.82) is 0 Å². The summed E-state index contributed by atoms with van der Waals surface area (Å²) in [4.78, 5) is 41.2. The Labute approximate surface area is 182 Å².